The van der Waals surface area contributed by atoms with Crippen LogP contribution in [-0.2, 0) is 6.42 Å². The van der Waals surface area contributed by atoms with Crippen LogP contribution in [0.2, 0.25) is 0 Å². The number of carboxylic acids is 1. The molecular formula is C22H21N3O2. The predicted molar refractivity (Wildman–Crippen MR) is 108 cm³/mol. The van der Waals surface area contributed by atoms with E-state index in [2.05, 4.69) is 16.9 Å². The van der Waals surface area contributed by atoms with E-state index in [1.807, 2.05) is 50.3 Å². The van der Waals surface area contributed by atoms with Crippen LogP contribution in [0.1, 0.15) is 27.2 Å². The first-order chi connectivity index (χ1) is 13.0. The van der Waals surface area contributed by atoms with E-state index in [4.69, 9.17) is 10.1 Å². The second-order valence-electron chi connectivity index (χ2n) is 6.28. The summed E-state index contributed by atoms with van der Waals surface area (Å²) < 4.78 is 0. The first-order valence-corrected chi connectivity index (χ1v) is 8.64. The van der Waals surface area contributed by atoms with Gasteiger partial charge in [-0.2, -0.15) is 0 Å². The first-order valence-electron chi connectivity index (χ1n) is 8.64. The van der Waals surface area contributed by atoms with Crippen molar-refractivity contribution in [3.05, 3.63) is 83.6 Å². The van der Waals surface area contributed by atoms with Crippen LogP contribution in [0.15, 0.2) is 61.2 Å². The number of allylic oxidation sites excluding steroid dienone is 1. The van der Waals surface area contributed by atoms with Gasteiger partial charge in [-0.3, -0.25) is 0 Å². The fraction of sp³-hybridized carbons (Fsp3) is 0.136. The molecule has 2 aromatic carbocycles. The Morgan fingerprint density at radius 1 is 1.15 bits per heavy atom. The van der Waals surface area contributed by atoms with E-state index < -0.39 is 5.97 Å². The maximum Gasteiger partial charge on any atom is 0.335 e. The third-order valence-electron chi connectivity index (χ3n) is 4.32. The largest absolute Gasteiger partial charge is 0.478 e. The number of aromatic nitrogens is 2. The lowest BCUT2D eigenvalue weighted by Gasteiger charge is -2.16. The SMILES string of the molecule is C=CCc1c(C)nc(-c2ccccc2)nc1Nc1ccc(C(=O)O)cc1C. The number of aryl methyl sites for hydroxylation is 2. The summed E-state index contributed by atoms with van der Waals surface area (Å²) in [5, 5.41) is 12.5. The Labute approximate surface area is 158 Å². The average Bonchev–Trinajstić information content (AvgIpc) is 2.66. The summed E-state index contributed by atoms with van der Waals surface area (Å²) in [7, 11) is 0. The summed E-state index contributed by atoms with van der Waals surface area (Å²) in [5.41, 5.74) is 4.68. The van der Waals surface area contributed by atoms with Gasteiger partial charge in [0.2, 0.25) is 0 Å². The minimum atomic E-state index is -0.943. The molecule has 0 atom stereocenters. The number of hydrogen-bond donors (Lipinski definition) is 2. The van der Waals surface area contributed by atoms with E-state index in [1.54, 1.807) is 18.2 Å². The van der Waals surface area contributed by atoms with Crippen molar-refractivity contribution >= 4 is 17.5 Å². The summed E-state index contributed by atoms with van der Waals surface area (Å²) in [6.07, 6.45) is 2.45. The van der Waals surface area contributed by atoms with Gasteiger partial charge < -0.3 is 10.4 Å². The highest BCUT2D eigenvalue weighted by Gasteiger charge is 2.14. The van der Waals surface area contributed by atoms with Gasteiger partial charge in [0.1, 0.15) is 5.82 Å². The van der Waals surface area contributed by atoms with E-state index in [9.17, 15) is 4.79 Å². The first kappa shape index (κ1) is 18.3. The molecule has 0 aliphatic rings. The van der Waals surface area contributed by atoms with Crippen LogP contribution in [-0.4, -0.2) is 21.0 Å². The lowest BCUT2D eigenvalue weighted by atomic mass is 10.1. The average molecular weight is 359 g/mol. The number of carboxylic acid groups (broad SMARTS) is 1. The van der Waals surface area contributed by atoms with E-state index in [0.29, 0.717) is 18.1 Å². The van der Waals surface area contributed by atoms with Crippen molar-refractivity contribution in [1.82, 2.24) is 9.97 Å². The fourth-order valence-corrected chi connectivity index (χ4v) is 2.87. The molecule has 0 bridgehead atoms. The van der Waals surface area contributed by atoms with Crippen LogP contribution < -0.4 is 5.32 Å². The molecule has 2 N–H and O–H groups in total. The summed E-state index contributed by atoms with van der Waals surface area (Å²) in [4.78, 5) is 20.5. The molecule has 136 valence electrons. The molecule has 0 unspecified atom stereocenters. The number of nitrogens with zero attached hydrogens (tertiary/aromatic N) is 2. The molecule has 3 aromatic rings. The van der Waals surface area contributed by atoms with Crippen LogP contribution in [0.4, 0.5) is 11.5 Å². The Hall–Kier alpha value is -3.47. The van der Waals surface area contributed by atoms with Crippen LogP contribution >= 0.6 is 0 Å². The van der Waals surface area contributed by atoms with Gasteiger partial charge in [-0.15, -0.1) is 6.58 Å². The normalized spacial score (nSPS) is 10.4. The highest BCUT2D eigenvalue weighted by atomic mass is 16.4. The highest BCUT2D eigenvalue weighted by Crippen LogP contribution is 2.27. The van der Waals surface area contributed by atoms with Gasteiger partial charge in [0.25, 0.3) is 0 Å². The number of anilines is 2. The Kier molecular flexibility index (Phi) is 5.31. The van der Waals surface area contributed by atoms with Gasteiger partial charge >= 0.3 is 5.97 Å². The molecule has 0 spiro atoms. The Balaban J connectivity index is 2.06. The van der Waals surface area contributed by atoms with E-state index >= 15 is 0 Å². The van der Waals surface area contributed by atoms with Crippen LogP contribution in [0.3, 0.4) is 0 Å². The number of hydrogen-bond acceptors (Lipinski definition) is 4. The maximum atomic E-state index is 11.2. The standard InChI is InChI=1S/C22H21N3O2/c1-4-8-18-15(3)23-20(16-9-6-5-7-10-16)25-21(18)24-19-12-11-17(22(26)27)13-14(19)2/h4-7,9-13H,1,8H2,2-3H3,(H,26,27)(H,23,24,25). The molecule has 0 saturated heterocycles. The summed E-state index contributed by atoms with van der Waals surface area (Å²) >= 11 is 0. The summed E-state index contributed by atoms with van der Waals surface area (Å²) in [6.45, 7) is 7.65. The zero-order valence-electron chi connectivity index (χ0n) is 15.4. The number of aromatic carboxylic acids is 1. The molecule has 27 heavy (non-hydrogen) atoms. The molecule has 0 aliphatic heterocycles. The molecule has 0 amide bonds. The third kappa shape index (κ3) is 4.03. The summed E-state index contributed by atoms with van der Waals surface area (Å²) in [5.74, 6) is 0.400. The van der Waals surface area contributed by atoms with Crippen LogP contribution in [0.25, 0.3) is 11.4 Å². The van der Waals surface area contributed by atoms with Crippen molar-refractivity contribution in [3.63, 3.8) is 0 Å². The number of carbonyl (C=O) groups is 1. The van der Waals surface area contributed by atoms with Crippen LogP contribution in [0.5, 0.6) is 0 Å². The van der Waals surface area contributed by atoms with Crippen molar-refractivity contribution < 1.29 is 9.90 Å². The third-order valence-corrected chi connectivity index (χ3v) is 4.32. The lowest BCUT2D eigenvalue weighted by Crippen LogP contribution is -2.07. The minimum Gasteiger partial charge on any atom is -0.478 e. The summed E-state index contributed by atoms with van der Waals surface area (Å²) in [6, 6.07) is 14.8. The van der Waals surface area contributed by atoms with Crippen LogP contribution in [0, 0.1) is 13.8 Å². The second kappa shape index (κ2) is 7.83. The van der Waals surface area contributed by atoms with Crippen molar-refractivity contribution in [2.24, 2.45) is 0 Å². The molecule has 3 rings (SSSR count). The molecule has 0 fully saturated rings. The fourth-order valence-electron chi connectivity index (χ4n) is 2.87. The highest BCUT2D eigenvalue weighted by molar-refractivity contribution is 5.88. The molecule has 5 nitrogen and oxygen atoms in total. The van der Waals surface area contributed by atoms with Gasteiger partial charge in [-0.1, -0.05) is 36.4 Å². The van der Waals surface area contributed by atoms with Crippen molar-refractivity contribution in [2.45, 2.75) is 20.3 Å². The van der Waals surface area contributed by atoms with E-state index in [0.717, 1.165) is 28.1 Å². The predicted octanol–water partition coefficient (Wildman–Crippen LogP) is 4.93. The Bertz CT molecular complexity index is 998. The zero-order chi connectivity index (χ0) is 19.4. The van der Waals surface area contributed by atoms with E-state index in [1.165, 1.54) is 0 Å². The topological polar surface area (TPSA) is 75.1 Å². The Morgan fingerprint density at radius 2 is 1.89 bits per heavy atom. The molecular weight excluding hydrogens is 338 g/mol. The smallest absolute Gasteiger partial charge is 0.335 e. The van der Waals surface area contributed by atoms with Gasteiger partial charge in [-0.05, 0) is 44.0 Å². The molecule has 1 heterocycles. The Morgan fingerprint density at radius 3 is 2.52 bits per heavy atom. The van der Waals surface area contributed by atoms with Crippen molar-refractivity contribution in [2.75, 3.05) is 5.32 Å². The second-order valence-corrected chi connectivity index (χ2v) is 6.28. The molecule has 1 aromatic heterocycles. The van der Waals surface area contributed by atoms with E-state index in [-0.39, 0.29) is 5.56 Å². The minimum absolute atomic E-state index is 0.258. The van der Waals surface area contributed by atoms with Gasteiger partial charge in [0, 0.05) is 22.5 Å². The van der Waals surface area contributed by atoms with Crippen molar-refractivity contribution in [1.29, 1.82) is 0 Å². The monoisotopic (exact) mass is 359 g/mol. The number of nitrogens with one attached hydrogen (secondary N) is 1. The number of benzene rings is 2. The zero-order valence-corrected chi connectivity index (χ0v) is 15.4. The molecule has 0 saturated carbocycles. The lowest BCUT2D eigenvalue weighted by molar-refractivity contribution is 0.0697. The molecule has 0 radical (unpaired) electrons. The van der Waals surface area contributed by atoms with Crippen molar-refractivity contribution in [3.8, 4) is 11.4 Å². The van der Waals surface area contributed by atoms with Gasteiger partial charge in [0.05, 0.1) is 5.56 Å². The molecule has 0 aliphatic carbocycles. The maximum absolute atomic E-state index is 11.2. The number of rotatable bonds is 6. The molecule has 5 heteroatoms. The van der Waals surface area contributed by atoms with Gasteiger partial charge in [0.15, 0.2) is 5.82 Å². The quantitative estimate of drug-likeness (QED) is 0.610. The van der Waals surface area contributed by atoms with Gasteiger partial charge in [-0.25, -0.2) is 14.8 Å².